The highest BCUT2D eigenvalue weighted by Crippen LogP contribution is 2.38. The van der Waals surface area contributed by atoms with Crippen molar-refractivity contribution < 1.29 is 33.6 Å². The number of ether oxygens (including phenoxy) is 4. The summed E-state index contributed by atoms with van der Waals surface area (Å²) in [7, 11) is 7.39. The van der Waals surface area contributed by atoms with Crippen LogP contribution in [0.2, 0.25) is 5.02 Å². The Morgan fingerprint density at radius 1 is 1.17 bits per heavy atom. The van der Waals surface area contributed by atoms with E-state index in [0.717, 1.165) is 31.6 Å². The van der Waals surface area contributed by atoms with Gasteiger partial charge in [0.2, 0.25) is 0 Å². The summed E-state index contributed by atoms with van der Waals surface area (Å²) in [6.45, 7) is 12.5. The summed E-state index contributed by atoms with van der Waals surface area (Å²) >= 11 is 6.25. The lowest BCUT2D eigenvalue weighted by Crippen LogP contribution is -2.60. The topological polar surface area (TPSA) is 101 Å². The summed E-state index contributed by atoms with van der Waals surface area (Å²) in [5.41, 5.74) is -1.81. The van der Waals surface area contributed by atoms with E-state index in [4.69, 9.17) is 37.0 Å². The Bertz CT molecular complexity index is 1260. The summed E-state index contributed by atoms with van der Waals surface area (Å²) in [5.74, 6) is 0.941. The number of aliphatic hydroxyl groups excluding tert-OH is 1. The van der Waals surface area contributed by atoms with Gasteiger partial charge in [-0.15, -0.1) is 6.42 Å². The molecule has 2 aliphatic rings. The molecule has 2 aliphatic heterocycles. The number of Topliss-reactive ketones (excluding diaryl/α,β-unsaturated/α-hetero) is 1. The maximum absolute atomic E-state index is 14.3. The van der Waals surface area contributed by atoms with Crippen molar-refractivity contribution in [3.63, 3.8) is 0 Å². The molecule has 0 aromatic heterocycles. The van der Waals surface area contributed by atoms with E-state index in [-0.39, 0.29) is 24.7 Å². The number of carbonyl (C=O) groups excluding carboxylic acids is 2. The van der Waals surface area contributed by atoms with Gasteiger partial charge in [0.25, 0.3) is 0 Å². The molecule has 1 aromatic carbocycles. The van der Waals surface area contributed by atoms with Gasteiger partial charge in [0.05, 0.1) is 6.10 Å². The third kappa shape index (κ3) is 10.2. The maximum Gasteiger partial charge on any atom is 0.319 e. The molecule has 2 heterocycles. The number of ketones is 1. The van der Waals surface area contributed by atoms with Crippen molar-refractivity contribution in [3.8, 4) is 12.3 Å². The summed E-state index contributed by atoms with van der Waals surface area (Å²) in [6, 6.07) is 7.51. The van der Waals surface area contributed by atoms with E-state index >= 15 is 0 Å². The zero-order valence-electron chi connectivity index (χ0n) is 30.4. The van der Waals surface area contributed by atoms with Crippen LogP contribution in [0.1, 0.15) is 59.4 Å². The SMILES string of the molecule is C#C[C@@]1(OC)C[C@@H](C)CN(C)CCCN(Cc2cccc(Cl)c2)CCOC(=O)C(C)(C)C(=O)[C@H](C)[C@H]1OC1O[C@H](C)C[C@H](N(C)C)[C@H]1O. The quantitative estimate of drug-likeness (QED) is 0.267. The number of likely N-dealkylation sites (N-methyl/N-ethyl adjacent to an activating group) is 1. The summed E-state index contributed by atoms with van der Waals surface area (Å²) in [6.07, 6.45) is 4.80. The number of hydrogen-bond acceptors (Lipinski definition) is 10. The average molecular weight is 692 g/mol. The fraction of sp³-hybridized carbons (Fsp3) is 0.730. The van der Waals surface area contributed by atoms with Gasteiger partial charge in [0, 0.05) is 43.7 Å². The zero-order chi connectivity index (χ0) is 35.8. The molecular formula is C37H58ClN3O7. The van der Waals surface area contributed by atoms with Crippen LogP contribution >= 0.6 is 11.6 Å². The second kappa shape index (κ2) is 17.7. The highest BCUT2D eigenvalue weighted by atomic mass is 35.5. The maximum atomic E-state index is 14.3. The number of nitrogens with zero attached hydrogens (tertiary/aromatic N) is 3. The average Bonchev–Trinajstić information content (AvgIpc) is 3.02. The van der Waals surface area contributed by atoms with Gasteiger partial charge in [-0.2, -0.15) is 0 Å². The standard InChI is InChI=1S/C37H58ClN3O7/c1-11-37(45-10)22-25(2)23-40(9)16-13-17-41(24-28-14-12-15-29(38)21-28)18-19-46-35(44)36(5,6)32(43)27(4)33(37)48-34-31(42)30(39(7)8)20-26(3)47-34/h1,12,14-15,21,25-27,30-31,33-34,42H,13,16-20,22-24H2,2-10H3/t25-,26-,27+,30+,31-,33-,34?,37-/m1/s1. The van der Waals surface area contributed by atoms with E-state index in [9.17, 15) is 14.7 Å². The van der Waals surface area contributed by atoms with Gasteiger partial charge in [-0.1, -0.05) is 43.5 Å². The van der Waals surface area contributed by atoms with Crippen LogP contribution in [0.15, 0.2) is 24.3 Å². The van der Waals surface area contributed by atoms with Crippen LogP contribution in [0.3, 0.4) is 0 Å². The lowest BCUT2D eigenvalue weighted by atomic mass is 9.73. The first kappa shape index (κ1) is 40.4. The Kier molecular flexibility index (Phi) is 14.9. The van der Waals surface area contributed by atoms with Crippen molar-refractivity contribution in [2.24, 2.45) is 17.3 Å². The molecule has 0 amide bonds. The van der Waals surface area contributed by atoms with Gasteiger partial charge in [0.15, 0.2) is 17.7 Å². The van der Waals surface area contributed by atoms with Crippen molar-refractivity contribution in [1.29, 1.82) is 0 Å². The lowest BCUT2D eigenvalue weighted by Gasteiger charge is -2.46. The normalized spacial score (nSPS) is 33.9. The van der Waals surface area contributed by atoms with Crippen LogP contribution in [0, 0.1) is 29.6 Å². The molecule has 0 aliphatic carbocycles. The molecule has 48 heavy (non-hydrogen) atoms. The smallest absolute Gasteiger partial charge is 0.319 e. The minimum absolute atomic E-state index is 0.0428. The molecule has 1 aromatic rings. The third-order valence-corrected chi connectivity index (χ3v) is 10.1. The molecular weight excluding hydrogens is 634 g/mol. The fourth-order valence-corrected chi connectivity index (χ4v) is 7.35. The van der Waals surface area contributed by atoms with Crippen LogP contribution in [-0.4, -0.2) is 129 Å². The molecule has 8 atom stereocenters. The first-order valence-corrected chi connectivity index (χ1v) is 17.5. The first-order valence-electron chi connectivity index (χ1n) is 17.1. The zero-order valence-corrected chi connectivity index (χ0v) is 31.2. The van der Waals surface area contributed by atoms with Crippen molar-refractivity contribution in [2.45, 2.75) is 96.7 Å². The van der Waals surface area contributed by atoms with Crippen molar-refractivity contribution in [2.75, 3.05) is 61.0 Å². The minimum atomic E-state index is -1.52. The van der Waals surface area contributed by atoms with Gasteiger partial charge >= 0.3 is 5.97 Å². The summed E-state index contributed by atoms with van der Waals surface area (Å²) in [4.78, 5) is 34.4. The minimum Gasteiger partial charge on any atom is -0.464 e. The van der Waals surface area contributed by atoms with E-state index in [0.29, 0.717) is 31.0 Å². The molecule has 11 heteroatoms. The van der Waals surface area contributed by atoms with E-state index < -0.39 is 47.2 Å². The predicted molar refractivity (Wildman–Crippen MR) is 187 cm³/mol. The van der Waals surface area contributed by atoms with Gasteiger partial charge in [0.1, 0.15) is 24.2 Å². The van der Waals surface area contributed by atoms with E-state index in [1.807, 2.05) is 50.2 Å². The number of halogens is 1. The van der Waals surface area contributed by atoms with Gasteiger partial charge in [-0.25, -0.2) is 0 Å². The molecule has 1 N–H and O–H groups in total. The van der Waals surface area contributed by atoms with Gasteiger partial charge < -0.3 is 33.9 Å². The number of terminal acetylenes is 1. The largest absolute Gasteiger partial charge is 0.464 e. The number of esters is 1. The molecule has 0 bridgehead atoms. The van der Waals surface area contributed by atoms with Crippen LogP contribution in [-0.2, 0) is 35.1 Å². The molecule has 3 rings (SSSR count). The molecule has 2 fully saturated rings. The fourth-order valence-electron chi connectivity index (χ4n) is 7.13. The second-order valence-electron chi connectivity index (χ2n) is 14.6. The molecule has 270 valence electrons. The lowest BCUT2D eigenvalue weighted by molar-refractivity contribution is -0.291. The Hall–Kier alpha value is -2.07. The predicted octanol–water partition coefficient (Wildman–Crippen LogP) is 4.11. The molecule has 1 unspecified atom stereocenters. The van der Waals surface area contributed by atoms with Crippen molar-refractivity contribution in [3.05, 3.63) is 34.9 Å². The number of aliphatic hydroxyl groups is 1. The number of benzene rings is 1. The van der Waals surface area contributed by atoms with Crippen LogP contribution < -0.4 is 0 Å². The first-order chi connectivity index (χ1) is 22.5. The number of methoxy groups -OCH3 is 1. The molecule has 0 saturated carbocycles. The van der Waals surface area contributed by atoms with Crippen molar-refractivity contribution in [1.82, 2.24) is 14.7 Å². The molecule has 10 nitrogen and oxygen atoms in total. The second-order valence-corrected chi connectivity index (χ2v) is 15.0. The van der Waals surface area contributed by atoms with E-state index in [1.165, 1.54) is 7.11 Å². The Morgan fingerprint density at radius 2 is 1.88 bits per heavy atom. The third-order valence-electron chi connectivity index (χ3n) is 9.84. The van der Waals surface area contributed by atoms with Crippen LogP contribution in [0.25, 0.3) is 0 Å². The van der Waals surface area contributed by atoms with E-state index in [2.05, 4.69) is 29.7 Å². The number of hydrogen-bond donors (Lipinski definition) is 1. The highest BCUT2D eigenvalue weighted by Gasteiger charge is 2.52. The molecule has 0 radical (unpaired) electrons. The number of cyclic esters (lactones) is 1. The molecule has 0 spiro atoms. The number of carbonyl (C=O) groups is 2. The Morgan fingerprint density at radius 3 is 2.50 bits per heavy atom. The molecule has 2 saturated heterocycles. The van der Waals surface area contributed by atoms with Gasteiger partial charge in [-0.05, 0) is 97.9 Å². The highest BCUT2D eigenvalue weighted by molar-refractivity contribution is 6.30. The van der Waals surface area contributed by atoms with Crippen LogP contribution in [0.5, 0.6) is 0 Å². The van der Waals surface area contributed by atoms with Gasteiger partial charge in [-0.3, -0.25) is 14.5 Å². The number of rotatable bonds is 6. The van der Waals surface area contributed by atoms with Crippen LogP contribution in [0.4, 0.5) is 0 Å². The van der Waals surface area contributed by atoms with E-state index in [1.54, 1.807) is 20.8 Å². The monoisotopic (exact) mass is 691 g/mol. The Labute approximate surface area is 293 Å². The van der Waals surface area contributed by atoms with Crippen molar-refractivity contribution >= 4 is 23.4 Å². The summed E-state index contributed by atoms with van der Waals surface area (Å²) < 4.78 is 24.6. The summed E-state index contributed by atoms with van der Waals surface area (Å²) in [5, 5.41) is 12.0. The Balaban J connectivity index is 1.97.